The molecule has 40 heavy (non-hydrogen) atoms. The van der Waals surface area contributed by atoms with Crippen molar-refractivity contribution in [2.24, 2.45) is 0 Å². The monoisotopic (exact) mass is 595 g/mol. The van der Waals surface area contributed by atoms with Crippen LogP contribution in [0.3, 0.4) is 0 Å². The molecule has 0 unspecified atom stereocenters. The summed E-state index contributed by atoms with van der Waals surface area (Å²) in [5, 5.41) is 11.3. The number of carbonyl (C=O) groups excluding carboxylic acids is 1. The number of likely N-dealkylation sites (tertiary alicyclic amines) is 1. The van der Waals surface area contributed by atoms with Gasteiger partial charge in [-0.3, -0.25) is 4.98 Å². The first kappa shape index (κ1) is 26.0. The number of nitrogens with zero attached hydrogens (tertiary/aromatic N) is 5. The van der Waals surface area contributed by atoms with Crippen molar-refractivity contribution in [3.05, 3.63) is 124 Å². The van der Waals surface area contributed by atoms with Gasteiger partial charge in [0.2, 0.25) is 0 Å². The van der Waals surface area contributed by atoms with Gasteiger partial charge in [-0.25, -0.2) is 9.78 Å². The van der Waals surface area contributed by atoms with Crippen molar-refractivity contribution < 1.29 is 4.79 Å². The van der Waals surface area contributed by atoms with E-state index < -0.39 is 0 Å². The molecule has 6 rings (SSSR count). The molecule has 2 amide bonds. The van der Waals surface area contributed by atoms with E-state index in [0.717, 1.165) is 51.2 Å². The van der Waals surface area contributed by atoms with Gasteiger partial charge < -0.3 is 15.5 Å². The molecule has 202 valence electrons. The zero-order chi connectivity index (χ0) is 27.3. The molecular weight excluding hydrogens is 566 g/mol. The van der Waals surface area contributed by atoms with E-state index in [-0.39, 0.29) is 18.0 Å². The molecule has 2 N–H and O–H groups in total. The Bertz CT molecular complexity index is 1530. The first-order chi connectivity index (χ1) is 19.7. The average Bonchev–Trinajstić information content (AvgIpc) is 3.40. The molecule has 0 atom stereocenters. The van der Waals surface area contributed by atoms with Gasteiger partial charge >= 0.3 is 6.03 Å². The van der Waals surface area contributed by atoms with E-state index in [0.29, 0.717) is 19.6 Å². The Morgan fingerprint density at radius 1 is 0.950 bits per heavy atom. The SMILES string of the molecule is O=C(NC(c1ccccc1)c1ccccc1)N1CCC(c2cc(NCc3cccnc3)n3ncc(Br)c3n2)CC1. The lowest BCUT2D eigenvalue weighted by Gasteiger charge is -2.33. The molecular formula is C31H30BrN7O. The van der Waals surface area contributed by atoms with E-state index in [9.17, 15) is 4.79 Å². The van der Waals surface area contributed by atoms with Crippen molar-refractivity contribution in [2.75, 3.05) is 18.4 Å². The third-order valence-electron chi connectivity index (χ3n) is 7.38. The zero-order valence-electron chi connectivity index (χ0n) is 22.0. The lowest BCUT2D eigenvalue weighted by atomic mass is 9.93. The number of piperidine rings is 1. The summed E-state index contributed by atoms with van der Waals surface area (Å²) in [4.78, 5) is 24.5. The Balaban J connectivity index is 1.15. The van der Waals surface area contributed by atoms with E-state index in [4.69, 9.17) is 4.98 Å². The van der Waals surface area contributed by atoms with Crippen molar-refractivity contribution in [3.63, 3.8) is 0 Å². The number of anilines is 1. The fraction of sp³-hybridized carbons (Fsp3) is 0.226. The summed E-state index contributed by atoms with van der Waals surface area (Å²) in [6.45, 7) is 1.96. The Hall–Kier alpha value is -4.24. The maximum absolute atomic E-state index is 13.4. The minimum atomic E-state index is -0.204. The number of hydrogen-bond donors (Lipinski definition) is 2. The predicted molar refractivity (Wildman–Crippen MR) is 159 cm³/mol. The molecule has 8 nitrogen and oxygen atoms in total. The van der Waals surface area contributed by atoms with Gasteiger partial charge in [-0.2, -0.15) is 9.61 Å². The number of amides is 2. The highest BCUT2D eigenvalue weighted by Crippen LogP contribution is 2.31. The number of halogens is 1. The Labute approximate surface area is 241 Å². The van der Waals surface area contributed by atoms with Crippen LogP contribution in [-0.2, 0) is 6.54 Å². The summed E-state index contributed by atoms with van der Waals surface area (Å²) in [6, 6.07) is 26.0. The molecule has 3 aromatic heterocycles. The normalized spacial score (nSPS) is 14.0. The lowest BCUT2D eigenvalue weighted by molar-refractivity contribution is 0.178. The molecule has 5 aromatic rings. The van der Waals surface area contributed by atoms with E-state index in [1.54, 1.807) is 12.4 Å². The lowest BCUT2D eigenvalue weighted by Crippen LogP contribution is -2.45. The second-order valence-corrected chi connectivity index (χ2v) is 10.8. The van der Waals surface area contributed by atoms with Gasteiger partial charge in [-0.1, -0.05) is 66.7 Å². The molecule has 1 aliphatic heterocycles. The van der Waals surface area contributed by atoms with Gasteiger partial charge in [0.15, 0.2) is 5.65 Å². The predicted octanol–water partition coefficient (Wildman–Crippen LogP) is 6.18. The minimum Gasteiger partial charge on any atom is -0.366 e. The van der Waals surface area contributed by atoms with Crippen molar-refractivity contribution in [3.8, 4) is 0 Å². The van der Waals surface area contributed by atoms with Gasteiger partial charge in [0.05, 0.1) is 16.7 Å². The number of fused-ring (bicyclic) bond motifs is 1. The number of pyridine rings is 1. The number of carbonyl (C=O) groups is 1. The second-order valence-electron chi connectivity index (χ2n) is 9.97. The molecule has 0 radical (unpaired) electrons. The van der Waals surface area contributed by atoms with Crippen molar-refractivity contribution in [1.82, 2.24) is 29.8 Å². The fourth-order valence-electron chi connectivity index (χ4n) is 5.23. The first-order valence-electron chi connectivity index (χ1n) is 13.5. The number of hydrogen-bond acceptors (Lipinski definition) is 5. The smallest absolute Gasteiger partial charge is 0.318 e. The van der Waals surface area contributed by atoms with Gasteiger partial charge in [-0.05, 0) is 51.5 Å². The summed E-state index contributed by atoms with van der Waals surface area (Å²) >= 11 is 3.60. The van der Waals surface area contributed by atoms with Crippen LogP contribution in [0.2, 0.25) is 0 Å². The molecule has 1 aliphatic rings. The van der Waals surface area contributed by atoms with Crippen LogP contribution in [0.25, 0.3) is 5.65 Å². The molecule has 0 bridgehead atoms. The first-order valence-corrected chi connectivity index (χ1v) is 14.3. The summed E-state index contributed by atoms with van der Waals surface area (Å²) in [6.07, 6.45) is 7.07. The van der Waals surface area contributed by atoms with Crippen LogP contribution in [0.4, 0.5) is 10.6 Å². The maximum Gasteiger partial charge on any atom is 0.318 e. The number of benzene rings is 2. The van der Waals surface area contributed by atoms with E-state index in [1.807, 2.05) is 64.1 Å². The minimum absolute atomic E-state index is 0.0445. The summed E-state index contributed by atoms with van der Waals surface area (Å²) in [7, 11) is 0. The largest absolute Gasteiger partial charge is 0.366 e. The summed E-state index contributed by atoms with van der Waals surface area (Å²) < 4.78 is 2.67. The highest BCUT2D eigenvalue weighted by molar-refractivity contribution is 9.10. The molecule has 0 spiro atoms. The van der Waals surface area contributed by atoms with Crippen LogP contribution in [0.15, 0.2) is 102 Å². The Morgan fingerprint density at radius 2 is 1.65 bits per heavy atom. The van der Waals surface area contributed by atoms with Gasteiger partial charge in [0.1, 0.15) is 5.82 Å². The van der Waals surface area contributed by atoms with Crippen LogP contribution in [0.5, 0.6) is 0 Å². The second kappa shape index (κ2) is 11.9. The standard InChI is InChI=1S/C31H30BrN7O/c32-26-21-35-39-28(34-20-22-8-7-15-33-19-22)18-27(36-30(26)39)23-13-16-38(17-14-23)31(40)37-29(24-9-3-1-4-10-24)25-11-5-2-6-12-25/h1-12,15,18-19,21,23,29,34H,13-14,16-17,20H2,(H,37,40). The van der Waals surface area contributed by atoms with Crippen LogP contribution < -0.4 is 10.6 Å². The molecule has 0 saturated carbocycles. The van der Waals surface area contributed by atoms with E-state index in [1.165, 1.54) is 0 Å². The van der Waals surface area contributed by atoms with Crippen molar-refractivity contribution >= 4 is 33.4 Å². The number of urea groups is 1. The summed E-state index contributed by atoms with van der Waals surface area (Å²) in [5.74, 6) is 1.12. The van der Waals surface area contributed by atoms with Crippen LogP contribution in [0.1, 0.15) is 47.2 Å². The summed E-state index contributed by atoms with van der Waals surface area (Å²) in [5.41, 5.74) is 5.00. The molecule has 0 aliphatic carbocycles. The molecule has 1 saturated heterocycles. The van der Waals surface area contributed by atoms with E-state index in [2.05, 4.69) is 67.0 Å². The zero-order valence-corrected chi connectivity index (χ0v) is 23.5. The highest BCUT2D eigenvalue weighted by Gasteiger charge is 2.28. The molecule has 9 heteroatoms. The third-order valence-corrected chi connectivity index (χ3v) is 7.94. The van der Waals surface area contributed by atoms with Crippen LogP contribution in [0, 0.1) is 0 Å². The maximum atomic E-state index is 13.4. The molecule has 1 fully saturated rings. The van der Waals surface area contributed by atoms with Crippen LogP contribution in [-0.4, -0.2) is 43.6 Å². The number of aromatic nitrogens is 4. The topological polar surface area (TPSA) is 87.5 Å². The Morgan fingerprint density at radius 3 is 2.30 bits per heavy atom. The van der Waals surface area contributed by atoms with Gasteiger partial charge in [-0.15, -0.1) is 0 Å². The number of nitrogens with one attached hydrogen (secondary N) is 2. The molecule has 4 heterocycles. The van der Waals surface area contributed by atoms with Crippen molar-refractivity contribution in [2.45, 2.75) is 31.3 Å². The third kappa shape index (κ3) is 5.70. The van der Waals surface area contributed by atoms with Gasteiger partial charge in [0, 0.05) is 49.7 Å². The fourth-order valence-corrected chi connectivity index (χ4v) is 5.58. The Kier molecular flexibility index (Phi) is 7.72. The highest BCUT2D eigenvalue weighted by atomic mass is 79.9. The van der Waals surface area contributed by atoms with Gasteiger partial charge in [0.25, 0.3) is 0 Å². The van der Waals surface area contributed by atoms with Crippen LogP contribution >= 0.6 is 15.9 Å². The number of rotatable bonds is 7. The molecule has 2 aromatic carbocycles. The quantitative estimate of drug-likeness (QED) is 0.235. The van der Waals surface area contributed by atoms with E-state index >= 15 is 0 Å². The average molecular weight is 597 g/mol. The van der Waals surface area contributed by atoms with Crippen molar-refractivity contribution in [1.29, 1.82) is 0 Å².